The number of carboxylic acid groups (broad SMARTS) is 1. The summed E-state index contributed by atoms with van der Waals surface area (Å²) in [5.74, 6) is -0.580. The van der Waals surface area contributed by atoms with Crippen LogP contribution in [0, 0.1) is 11.2 Å². The van der Waals surface area contributed by atoms with E-state index in [4.69, 9.17) is 5.11 Å². The van der Waals surface area contributed by atoms with Crippen molar-refractivity contribution in [1.29, 1.82) is 0 Å². The number of nitrogens with zero attached hydrogens (tertiary/aromatic N) is 1. The van der Waals surface area contributed by atoms with E-state index in [-0.39, 0.29) is 10.3 Å². The third kappa shape index (κ3) is 2.61. The fourth-order valence-corrected chi connectivity index (χ4v) is 4.19. The molecule has 0 radical (unpaired) electrons. The van der Waals surface area contributed by atoms with E-state index < -0.39 is 21.7 Å². The predicted octanol–water partition coefficient (Wildman–Crippen LogP) is 2.39. The molecule has 1 amide bonds. The van der Waals surface area contributed by atoms with Crippen LogP contribution in [0.4, 0.5) is 9.18 Å². The maximum absolute atomic E-state index is 13.3. The van der Waals surface area contributed by atoms with Crippen LogP contribution >= 0.6 is 0 Å². The smallest absolute Gasteiger partial charge is 0.407 e. The number of hydrogen-bond acceptors (Lipinski definition) is 3. The Balaban J connectivity index is 1.77. The quantitative estimate of drug-likeness (QED) is 0.906. The van der Waals surface area contributed by atoms with E-state index in [0.717, 1.165) is 30.7 Å². The normalized spacial score (nSPS) is 19.5. The van der Waals surface area contributed by atoms with Crippen molar-refractivity contribution in [3.8, 4) is 0 Å². The Kier molecular flexibility index (Phi) is 3.28. The first kappa shape index (κ1) is 15.0. The van der Waals surface area contributed by atoms with Gasteiger partial charge in [0.1, 0.15) is 5.82 Å². The zero-order valence-corrected chi connectivity index (χ0v) is 12.9. The topological polar surface area (TPSA) is 74.7 Å². The fraction of sp³-hybridized carbons (Fsp3) is 0.400. The van der Waals surface area contributed by atoms with Gasteiger partial charge in [0, 0.05) is 24.8 Å². The molecule has 0 bridgehead atoms. The molecule has 1 aliphatic heterocycles. The first-order valence-electron chi connectivity index (χ1n) is 6.86. The van der Waals surface area contributed by atoms with Gasteiger partial charge in [-0.2, -0.15) is 0 Å². The molecule has 1 heterocycles. The van der Waals surface area contributed by atoms with Gasteiger partial charge in [-0.05, 0) is 30.5 Å². The van der Waals surface area contributed by atoms with E-state index in [1.54, 1.807) is 6.08 Å². The molecule has 1 aliphatic carbocycles. The van der Waals surface area contributed by atoms with Crippen LogP contribution in [0.25, 0.3) is 6.08 Å². The van der Waals surface area contributed by atoms with Crippen molar-refractivity contribution in [1.82, 2.24) is 4.90 Å². The number of rotatable bonds is 2. The predicted molar refractivity (Wildman–Crippen MR) is 78.8 cm³/mol. The number of halogens is 1. The van der Waals surface area contributed by atoms with Crippen LogP contribution in [0.1, 0.15) is 18.4 Å². The highest BCUT2D eigenvalue weighted by atomic mass is 32.2. The van der Waals surface area contributed by atoms with Crippen LogP contribution in [0.5, 0.6) is 0 Å². The molecule has 1 N–H and O–H groups in total. The number of carbonyl (C=O) groups is 1. The molecule has 7 heteroatoms. The Morgan fingerprint density at radius 1 is 1.36 bits per heavy atom. The molecule has 0 aromatic heterocycles. The summed E-state index contributed by atoms with van der Waals surface area (Å²) >= 11 is 0. The molecule has 22 heavy (non-hydrogen) atoms. The van der Waals surface area contributed by atoms with Gasteiger partial charge in [-0.25, -0.2) is 17.6 Å². The van der Waals surface area contributed by atoms with Crippen LogP contribution in [0.15, 0.2) is 28.7 Å². The summed E-state index contributed by atoms with van der Waals surface area (Å²) in [6.45, 7) is 1.06. The van der Waals surface area contributed by atoms with E-state index >= 15 is 0 Å². The lowest BCUT2D eigenvalue weighted by atomic mass is 9.60. The van der Waals surface area contributed by atoms with Crippen LogP contribution < -0.4 is 0 Å². The van der Waals surface area contributed by atoms with E-state index in [1.807, 2.05) is 0 Å². The average Bonchev–Trinajstić information content (AvgIpc) is 2.30. The van der Waals surface area contributed by atoms with Gasteiger partial charge >= 0.3 is 6.09 Å². The summed E-state index contributed by atoms with van der Waals surface area (Å²) in [5, 5.41) is 8.85. The molecule has 0 unspecified atom stereocenters. The lowest BCUT2D eigenvalue weighted by Crippen LogP contribution is -2.61. The minimum Gasteiger partial charge on any atom is -0.465 e. The molecule has 2 fully saturated rings. The van der Waals surface area contributed by atoms with Gasteiger partial charge in [-0.15, -0.1) is 0 Å². The van der Waals surface area contributed by atoms with E-state index in [1.165, 1.54) is 17.0 Å². The highest BCUT2D eigenvalue weighted by molar-refractivity contribution is 7.90. The van der Waals surface area contributed by atoms with Crippen molar-refractivity contribution in [2.75, 3.05) is 19.3 Å². The Bertz CT molecular complexity index is 769. The van der Waals surface area contributed by atoms with Crippen molar-refractivity contribution in [3.05, 3.63) is 35.2 Å². The lowest BCUT2D eigenvalue weighted by Gasteiger charge is -2.55. The highest BCUT2D eigenvalue weighted by Gasteiger charge is 2.51. The Morgan fingerprint density at radius 3 is 2.55 bits per heavy atom. The first-order chi connectivity index (χ1) is 10.2. The van der Waals surface area contributed by atoms with E-state index in [0.29, 0.717) is 18.7 Å². The van der Waals surface area contributed by atoms with Crippen LogP contribution in [0.2, 0.25) is 0 Å². The SMILES string of the molecule is CS(=O)(=O)c1cc(F)ccc1C=C1CC2(C1)CN(C(=O)O)C2. The fourth-order valence-electron chi connectivity index (χ4n) is 3.30. The summed E-state index contributed by atoms with van der Waals surface area (Å²) in [5.41, 5.74) is 1.58. The number of sulfone groups is 1. The second-order valence-corrected chi connectivity index (χ2v) is 8.23. The number of likely N-dealkylation sites (tertiary alicyclic amines) is 1. The Labute approximate surface area is 128 Å². The number of allylic oxidation sites excluding steroid dienone is 1. The van der Waals surface area contributed by atoms with Crippen molar-refractivity contribution in [3.63, 3.8) is 0 Å². The van der Waals surface area contributed by atoms with Gasteiger partial charge < -0.3 is 10.0 Å². The number of benzene rings is 1. The van der Waals surface area contributed by atoms with Crippen molar-refractivity contribution >= 4 is 22.0 Å². The molecule has 3 rings (SSSR count). The van der Waals surface area contributed by atoms with Gasteiger partial charge in [0.2, 0.25) is 0 Å². The standard InChI is InChI=1S/C15H16FNO4S/c1-22(20,21)13-5-12(16)3-2-11(13)4-10-6-15(7-10)8-17(9-15)14(18)19/h2-5H,6-9H2,1H3,(H,18,19). The molecule has 1 aromatic carbocycles. The zero-order valence-electron chi connectivity index (χ0n) is 12.0. The van der Waals surface area contributed by atoms with Crippen LogP contribution in [-0.4, -0.2) is 43.9 Å². The third-order valence-corrected chi connectivity index (χ3v) is 5.41. The second kappa shape index (κ2) is 4.81. The average molecular weight is 325 g/mol. The molecular weight excluding hydrogens is 309 g/mol. The molecule has 0 atom stereocenters. The number of amides is 1. The van der Waals surface area contributed by atoms with E-state index in [9.17, 15) is 17.6 Å². The summed E-state index contributed by atoms with van der Waals surface area (Å²) in [6, 6.07) is 3.74. The monoisotopic (exact) mass is 325 g/mol. The van der Waals surface area contributed by atoms with Gasteiger partial charge in [0.25, 0.3) is 0 Å². The molecule has 1 saturated carbocycles. The van der Waals surface area contributed by atoms with Crippen molar-refractivity contribution in [2.24, 2.45) is 5.41 Å². The molecule has 5 nitrogen and oxygen atoms in total. The summed E-state index contributed by atoms with van der Waals surface area (Å²) < 4.78 is 36.7. The summed E-state index contributed by atoms with van der Waals surface area (Å²) in [7, 11) is -3.50. The molecule has 118 valence electrons. The van der Waals surface area contributed by atoms with Crippen molar-refractivity contribution < 1.29 is 22.7 Å². The maximum atomic E-state index is 13.3. The number of hydrogen-bond donors (Lipinski definition) is 1. The largest absolute Gasteiger partial charge is 0.465 e. The Morgan fingerprint density at radius 2 is 2.00 bits per heavy atom. The van der Waals surface area contributed by atoms with Crippen LogP contribution in [0.3, 0.4) is 0 Å². The molecular formula is C15H16FNO4S. The van der Waals surface area contributed by atoms with Gasteiger partial charge in [0.15, 0.2) is 9.84 Å². The minimum atomic E-state index is -3.50. The van der Waals surface area contributed by atoms with Crippen LogP contribution in [-0.2, 0) is 9.84 Å². The summed E-state index contributed by atoms with van der Waals surface area (Å²) in [6.07, 6.45) is 3.46. The second-order valence-electron chi connectivity index (χ2n) is 6.25. The first-order valence-corrected chi connectivity index (χ1v) is 8.75. The third-order valence-electron chi connectivity index (χ3n) is 4.26. The lowest BCUT2D eigenvalue weighted by molar-refractivity contribution is -0.0162. The molecule has 2 aliphatic rings. The Hall–Kier alpha value is -1.89. The van der Waals surface area contributed by atoms with Gasteiger partial charge in [-0.1, -0.05) is 17.7 Å². The summed E-state index contributed by atoms with van der Waals surface area (Å²) in [4.78, 5) is 12.1. The zero-order chi connectivity index (χ0) is 16.1. The van der Waals surface area contributed by atoms with Gasteiger partial charge in [-0.3, -0.25) is 0 Å². The highest BCUT2D eigenvalue weighted by Crippen LogP contribution is 2.52. The minimum absolute atomic E-state index is 0.0123. The molecule has 1 aromatic rings. The molecule has 1 spiro atoms. The van der Waals surface area contributed by atoms with Crippen molar-refractivity contribution in [2.45, 2.75) is 17.7 Å². The van der Waals surface area contributed by atoms with Gasteiger partial charge in [0.05, 0.1) is 4.90 Å². The molecule has 1 saturated heterocycles. The maximum Gasteiger partial charge on any atom is 0.407 e. The van der Waals surface area contributed by atoms with E-state index in [2.05, 4.69) is 0 Å².